The molecule has 1 heterocycles. The molecule has 0 spiro atoms. The third kappa shape index (κ3) is 5.56. The lowest BCUT2D eigenvalue weighted by atomic mass is 9.96. The minimum Gasteiger partial charge on any atom is -0.465 e. The molecule has 0 fully saturated rings. The van der Waals surface area contributed by atoms with Crippen molar-refractivity contribution in [2.45, 2.75) is 25.1 Å². The molecule has 1 aromatic heterocycles. The molecule has 0 saturated carbocycles. The fourth-order valence-corrected chi connectivity index (χ4v) is 1.78. The number of hydrogen-bond donors (Lipinski definition) is 4. The highest BCUT2D eigenvalue weighted by Gasteiger charge is 2.40. The van der Waals surface area contributed by atoms with Crippen molar-refractivity contribution in [1.29, 1.82) is 0 Å². The van der Waals surface area contributed by atoms with Crippen molar-refractivity contribution in [3.05, 3.63) is 23.9 Å². The number of nitrogens with zero attached hydrogens (tertiary/aromatic N) is 1. The molecule has 0 aromatic carbocycles. The number of nitrogens with one attached hydrogen (secondary N) is 1. The third-order valence-corrected chi connectivity index (χ3v) is 2.80. The number of aliphatic hydroxyl groups excluding tert-OH is 2. The number of aliphatic hydroxyl groups is 2. The summed E-state index contributed by atoms with van der Waals surface area (Å²) in [6.07, 6.45) is -8.61. The third-order valence-electron chi connectivity index (χ3n) is 2.80. The molecule has 1 aromatic rings. The van der Waals surface area contributed by atoms with Crippen LogP contribution in [0, 0.1) is 5.92 Å². The van der Waals surface area contributed by atoms with Crippen LogP contribution in [-0.4, -0.2) is 39.2 Å². The largest absolute Gasteiger partial charge is 0.465 e. The summed E-state index contributed by atoms with van der Waals surface area (Å²) in [6, 6.07) is 3.97. The molecule has 0 aliphatic heterocycles. The number of amides is 1. The number of carbonyl (C=O) groups is 1. The Hall–Kier alpha value is -1.87. The van der Waals surface area contributed by atoms with Gasteiger partial charge in [-0.2, -0.15) is 13.2 Å². The molecule has 1 amide bonds. The summed E-state index contributed by atoms with van der Waals surface area (Å²) in [5, 5.41) is 28.9. The maximum absolute atomic E-state index is 12.7. The summed E-state index contributed by atoms with van der Waals surface area (Å²) in [6.45, 7) is -0.648. The molecule has 2 atom stereocenters. The van der Waals surface area contributed by atoms with E-state index in [9.17, 15) is 23.1 Å². The number of anilines is 1. The number of alkyl halides is 3. The fourth-order valence-electron chi connectivity index (χ4n) is 1.78. The molecule has 6 nitrogen and oxygen atoms in total. The highest BCUT2D eigenvalue weighted by atomic mass is 19.4. The lowest BCUT2D eigenvalue weighted by Crippen LogP contribution is -2.26. The van der Waals surface area contributed by atoms with Crippen molar-refractivity contribution < 1.29 is 33.3 Å². The minimum absolute atomic E-state index is 0.0755. The normalized spacial score (nSPS) is 14.5. The van der Waals surface area contributed by atoms with Crippen molar-refractivity contribution in [2.75, 3.05) is 11.9 Å². The molecule has 2 unspecified atom stereocenters. The van der Waals surface area contributed by atoms with Crippen molar-refractivity contribution in [3.63, 3.8) is 0 Å². The highest BCUT2D eigenvalue weighted by molar-refractivity contribution is 5.81. The second-order valence-electron chi connectivity index (χ2n) is 4.38. The van der Waals surface area contributed by atoms with Gasteiger partial charge in [-0.25, -0.2) is 9.78 Å². The van der Waals surface area contributed by atoms with E-state index in [-0.39, 0.29) is 11.5 Å². The molecule has 0 bridgehead atoms. The molecular formula is C12H15F3N2O4. The van der Waals surface area contributed by atoms with Crippen LogP contribution in [0.15, 0.2) is 18.2 Å². The van der Waals surface area contributed by atoms with Gasteiger partial charge in [0.2, 0.25) is 0 Å². The van der Waals surface area contributed by atoms with Crippen LogP contribution in [0.5, 0.6) is 0 Å². The van der Waals surface area contributed by atoms with Gasteiger partial charge < -0.3 is 15.3 Å². The van der Waals surface area contributed by atoms with E-state index in [0.717, 1.165) is 0 Å². The van der Waals surface area contributed by atoms with Gasteiger partial charge in [0.15, 0.2) is 0 Å². The van der Waals surface area contributed by atoms with E-state index in [1.807, 2.05) is 5.32 Å². The average molecular weight is 308 g/mol. The zero-order valence-electron chi connectivity index (χ0n) is 10.8. The molecule has 1 rings (SSSR count). The lowest BCUT2D eigenvalue weighted by molar-refractivity contribution is -0.186. The van der Waals surface area contributed by atoms with Crippen LogP contribution in [0.4, 0.5) is 23.8 Å². The Kier molecular flexibility index (Phi) is 5.91. The Balaban J connectivity index is 2.82. The van der Waals surface area contributed by atoms with E-state index >= 15 is 0 Å². The average Bonchev–Trinajstić information content (AvgIpc) is 2.36. The van der Waals surface area contributed by atoms with Gasteiger partial charge in [-0.15, -0.1) is 0 Å². The molecule has 21 heavy (non-hydrogen) atoms. The topological polar surface area (TPSA) is 103 Å². The summed E-state index contributed by atoms with van der Waals surface area (Å²) in [4.78, 5) is 14.2. The molecule has 0 aliphatic carbocycles. The first kappa shape index (κ1) is 17.2. The fraction of sp³-hybridized carbons (Fsp3) is 0.500. The SMILES string of the molecule is O=C(O)Nc1cccc(C(O)CC(CCO)C(F)(F)F)n1. The van der Waals surface area contributed by atoms with E-state index in [4.69, 9.17) is 10.2 Å². The lowest BCUT2D eigenvalue weighted by Gasteiger charge is -2.22. The predicted octanol–water partition coefficient (Wildman–Crippen LogP) is 2.16. The van der Waals surface area contributed by atoms with Crippen molar-refractivity contribution in [3.8, 4) is 0 Å². The molecule has 0 aliphatic rings. The first-order valence-corrected chi connectivity index (χ1v) is 6.06. The first-order chi connectivity index (χ1) is 9.74. The van der Waals surface area contributed by atoms with E-state index in [1.165, 1.54) is 18.2 Å². The Morgan fingerprint density at radius 3 is 2.57 bits per heavy atom. The summed E-state index contributed by atoms with van der Waals surface area (Å²) >= 11 is 0. The number of pyridine rings is 1. The predicted molar refractivity (Wildman–Crippen MR) is 66.7 cm³/mol. The molecular weight excluding hydrogens is 293 g/mol. The van der Waals surface area contributed by atoms with Gasteiger partial charge in [0.25, 0.3) is 0 Å². The summed E-state index contributed by atoms with van der Waals surface area (Å²) in [5.41, 5.74) is -0.0755. The summed E-state index contributed by atoms with van der Waals surface area (Å²) in [7, 11) is 0. The molecule has 0 radical (unpaired) electrons. The zero-order chi connectivity index (χ0) is 16.0. The van der Waals surface area contributed by atoms with E-state index in [1.54, 1.807) is 0 Å². The van der Waals surface area contributed by atoms with Gasteiger partial charge in [0, 0.05) is 6.61 Å². The Morgan fingerprint density at radius 2 is 2.05 bits per heavy atom. The monoisotopic (exact) mass is 308 g/mol. The van der Waals surface area contributed by atoms with Gasteiger partial charge in [-0.05, 0) is 25.0 Å². The van der Waals surface area contributed by atoms with E-state index < -0.39 is 43.7 Å². The summed E-state index contributed by atoms with van der Waals surface area (Å²) < 4.78 is 38.1. The van der Waals surface area contributed by atoms with Gasteiger partial charge in [0.05, 0.1) is 17.7 Å². The van der Waals surface area contributed by atoms with Crippen molar-refractivity contribution >= 4 is 11.9 Å². The number of rotatable bonds is 6. The standard InChI is InChI=1S/C12H15F3N2O4/c13-12(14,15)7(4-5-18)6-9(19)8-2-1-3-10(16-8)17-11(20)21/h1-3,7,9,18-19H,4-6H2,(H,16,17)(H,20,21). The van der Waals surface area contributed by atoms with Crippen molar-refractivity contribution in [1.82, 2.24) is 4.98 Å². The smallest absolute Gasteiger partial charge is 0.410 e. The van der Waals surface area contributed by atoms with Crippen LogP contribution >= 0.6 is 0 Å². The quantitative estimate of drug-likeness (QED) is 0.645. The molecule has 4 N–H and O–H groups in total. The van der Waals surface area contributed by atoms with Gasteiger partial charge >= 0.3 is 12.3 Å². The van der Waals surface area contributed by atoms with Crippen LogP contribution in [0.25, 0.3) is 0 Å². The maximum Gasteiger partial charge on any atom is 0.410 e. The Bertz CT molecular complexity index is 482. The first-order valence-electron chi connectivity index (χ1n) is 6.06. The Labute approximate surface area is 118 Å². The minimum atomic E-state index is -4.54. The Morgan fingerprint density at radius 1 is 1.38 bits per heavy atom. The second kappa shape index (κ2) is 7.23. The van der Waals surface area contributed by atoms with Gasteiger partial charge in [-0.3, -0.25) is 5.32 Å². The zero-order valence-corrected chi connectivity index (χ0v) is 10.8. The van der Waals surface area contributed by atoms with Crippen LogP contribution in [0.3, 0.4) is 0 Å². The van der Waals surface area contributed by atoms with E-state index in [0.29, 0.717) is 0 Å². The van der Waals surface area contributed by atoms with Crippen LogP contribution < -0.4 is 5.32 Å². The highest BCUT2D eigenvalue weighted by Crippen LogP contribution is 2.35. The molecule has 118 valence electrons. The molecule has 0 saturated heterocycles. The number of halogens is 3. The number of carboxylic acid groups (broad SMARTS) is 1. The number of hydrogen-bond acceptors (Lipinski definition) is 4. The maximum atomic E-state index is 12.7. The second-order valence-corrected chi connectivity index (χ2v) is 4.38. The van der Waals surface area contributed by atoms with Crippen LogP contribution in [0.2, 0.25) is 0 Å². The number of aromatic nitrogens is 1. The molecule has 9 heteroatoms. The van der Waals surface area contributed by atoms with E-state index in [2.05, 4.69) is 4.98 Å². The van der Waals surface area contributed by atoms with Gasteiger partial charge in [-0.1, -0.05) is 6.07 Å². The summed E-state index contributed by atoms with van der Waals surface area (Å²) in [5.74, 6) is -1.96. The van der Waals surface area contributed by atoms with Crippen molar-refractivity contribution in [2.24, 2.45) is 5.92 Å². The van der Waals surface area contributed by atoms with Crippen LogP contribution in [0.1, 0.15) is 24.6 Å². The van der Waals surface area contributed by atoms with Crippen LogP contribution in [-0.2, 0) is 0 Å². The van der Waals surface area contributed by atoms with Gasteiger partial charge in [0.1, 0.15) is 5.82 Å².